The first kappa shape index (κ1) is 33.9. The molecule has 2 rings (SSSR count). The van der Waals surface area contributed by atoms with Crippen LogP contribution in [0.3, 0.4) is 0 Å². The predicted octanol–water partition coefficient (Wildman–Crippen LogP) is 5.24. The normalized spacial score (nSPS) is 18.3. The van der Waals surface area contributed by atoms with Crippen LogP contribution in [0.1, 0.15) is 89.5 Å². The van der Waals surface area contributed by atoms with Gasteiger partial charge in [-0.15, -0.1) is 0 Å². The highest BCUT2D eigenvalue weighted by Gasteiger charge is 2.32. The Morgan fingerprint density at radius 1 is 1.17 bits per heavy atom. The fraction of sp³-hybridized carbons (Fsp3) is 0.645. The zero-order chi connectivity index (χ0) is 30.2. The van der Waals surface area contributed by atoms with Crippen molar-refractivity contribution in [3.63, 3.8) is 0 Å². The Morgan fingerprint density at radius 3 is 2.61 bits per heavy atom. The molecule has 4 atom stereocenters. The third kappa shape index (κ3) is 11.6. The number of unbranched alkanes of at least 4 members (excludes halogenated alkanes) is 5. The van der Waals surface area contributed by atoms with Crippen LogP contribution in [0.2, 0.25) is 0 Å². The molecule has 10 heteroatoms. The second-order valence-corrected chi connectivity index (χ2v) is 10.8. The van der Waals surface area contributed by atoms with Crippen molar-refractivity contribution < 1.29 is 33.9 Å². The number of esters is 1. The van der Waals surface area contributed by atoms with Gasteiger partial charge < -0.3 is 19.9 Å². The first-order chi connectivity index (χ1) is 19.7. The number of aliphatic hydroxyl groups excluding tert-OH is 1. The van der Waals surface area contributed by atoms with E-state index in [9.17, 15) is 29.6 Å². The molecule has 10 nitrogen and oxygen atoms in total. The summed E-state index contributed by atoms with van der Waals surface area (Å²) in [6.07, 6.45) is 13.2. The first-order valence-electron chi connectivity index (χ1n) is 14.8. The van der Waals surface area contributed by atoms with Gasteiger partial charge in [0, 0.05) is 31.2 Å². The number of ketones is 1. The Bertz CT molecular complexity index is 1040. The fourth-order valence-corrected chi connectivity index (χ4v) is 5.36. The Kier molecular flexibility index (Phi) is 15.1. The number of Topliss-reactive ketones (excluding diaryl/α,β-unsaturated/α-hetero) is 1. The third-order valence-electron chi connectivity index (χ3n) is 7.71. The van der Waals surface area contributed by atoms with Crippen LogP contribution in [-0.4, -0.2) is 54.1 Å². The van der Waals surface area contributed by atoms with Gasteiger partial charge in [0.2, 0.25) is 5.91 Å². The summed E-state index contributed by atoms with van der Waals surface area (Å²) in [7, 11) is 2.56. The summed E-state index contributed by atoms with van der Waals surface area (Å²) >= 11 is 0. The fourth-order valence-electron chi connectivity index (χ4n) is 5.36. The molecular weight excluding hydrogens is 528 g/mol. The smallest absolute Gasteiger partial charge is 0.328 e. The van der Waals surface area contributed by atoms with Gasteiger partial charge in [-0.1, -0.05) is 63.7 Å². The maximum Gasteiger partial charge on any atom is 0.328 e. The molecule has 1 saturated carbocycles. The standard InChI is InChI=1S/C31H46N2O8/c1-4-5-8-11-24(34)17-15-23-16-18-28(35)25(23)12-9-6-7-10-13-30(36)32-26(31(37)41-3)20-22-14-19-29(40-2)27(21-22)33(38)39/h14-15,17,19,21,23-26,34H,4-13,16,18,20H2,1-3H3,(H,32,36)/b17-15+/t23-,24+,25+,26?/m0/s1. The number of nitrogens with zero attached hydrogens (tertiary/aromatic N) is 1. The van der Waals surface area contributed by atoms with E-state index in [0.717, 1.165) is 57.8 Å². The van der Waals surface area contributed by atoms with Crippen molar-refractivity contribution in [3.05, 3.63) is 46.0 Å². The van der Waals surface area contributed by atoms with Gasteiger partial charge in [-0.3, -0.25) is 19.7 Å². The van der Waals surface area contributed by atoms with E-state index in [1.807, 2.05) is 12.2 Å². The van der Waals surface area contributed by atoms with Gasteiger partial charge in [-0.05, 0) is 43.2 Å². The van der Waals surface area contributed by atoms with Crippen LogP contribution in [0.5, 0.6) is 5.75 Å². The van der Waals surface area contributed by atoms with Gasteiger partial charge in [0.25, 0.3) is 0 Å². The maximum absolute atomic E-state index is 12.6. The van der Waals surface area contributed by atoms with E-state index >= 15 is 0 Å². The van der Waals surface area contributed by atoms with E-state index in [-0.39, 0.29) is 42.0 Å². The van der Waals surface area contributed by atoms with E-state index in [1.165, 1.54) is 26.4 Å². The van der Waals surface area contributed by atoms with Gasteiger partial charge in [-0.25, -0.2) is 4.79 Å². The van der Waals surface area contributed by atoms with Gasteiger partial charge in [-0.2, -0.15) is 0 Å². The minimum absolute atomic E-state index is 0.00647. The zero-order valence-electron chi connectivity index (χ0n) is 24.6. The van der Waals surface area contributed by atoms with Gasteiger partial charge in [0.05, 0.1) is 25.2 Å². The highest BCUT2D eigenvalue weighted by molar-refractivity contribution is 5.85. The zero-order valence-corrected chi connectivity index (χ0v) is 24.6. The Labute approximate surface area is 243 Å². The number of hydrogen-bond acceptors (Lipinski definition) is 8. The molecule has 228 valence electrons. The van der Waals surface area contributed by atoms with Crippen LogP contribution in [0.25, 0.3) is 0 Å². The summed E-state index contributed by atoms with van der Waals surface area (Å²) in [5, 5.41) is 24.2. The molecule has 2 N–H and O–H groups in total. The van der Waals surface area contributed by atoms with Crippen molar-refractivity contribution in [1.82, 2.24) is 5.32 Å². The molecule has 1 fully saturated rings. The van der Waals surface area contributed by atoms with Crippen molar-refractivity contribution in [2.75, 3.05) is 14.2 Å². The molecule has 1 aromatic rings. The van der Waals surface area contributed by atoms with E-state index in [1.54, 1.807) is 6.07 Å². The van der Waals surface area contributed by atoms with E-state index in [4.69, 9.17) is 9.47 Å². The number of benzene rings is 1. The molecule has 1 aliphatic rings. The first-order valence-corrected chi connectivity index (χ1v) is 14.8. The number of carbonyl (C=O) groups excluding carboxylic acids is 3. The summed E-state index contributed by atoms with van der Waals surface area (Å²) in [4.78, 5) is 48.0. The monoisotopic (exact) mass is 574 g/mol. The molecule has 0 spiro atoms. The number of nitro benzene ring substituents is 1. The van der Waals surface area contributed by atoms with Crippen LogP contribution in [0, 0.1) is 22.0 Å². The topological polar surface area (TPSA) is 145 Å². The molecule has 0 saturated heterocycles. The van der Waals surface area contributed by atoms with Crippen LogP contribution < -0.4 is 10.1 Å². The molecule has 0 radical (unpaired) electrons. The third-order valence-corrected chi connectivity index (χ3v) is 7.71. The molecule has 0 bridgehead atoms. The number of ether oxygens (including phenoxy) is 2. The number of amides is 1. The molecule has 1 amide bonds. The molecule has 1 unspecified atom stereocenters. The van der Waals surface area contributed by atoms with E-state index in [0.29, 0.717) is 24.2 Å². The van der Waals surface area contributed by atoms with Crippen molar-refractivity contribution in [2.45, 2.75) is 103 Å². The van der Waals surface area contributed by atoms with Gasteiger partial charge in [0.1, 0.15) is 11.8 Å². The van der Waals surface area contributed by atoms with Crippen LogP contribution in [0.4, 0.5) is 5.69 Å². The molecule has 41 heavy (non-hydrogen) atoms. The summed E-state index contributed by atoms with van der Waals surface area (Å²) < 4.78 is 9.84. The number of nitrogens with one attached hydrogen (secondary N) is 1. The Hall–Kier alpha value is -3.27. The maximum atomic E-state index is 12.6. The number of nitro groups is 1. The van der Waals surface area contributed by atoms with Crippen LogP contribution in [0.15, 0.2) is 30.4 Å². The largest absolute Gasteiger partial charge is 0.490 e. The van der Waals surface area contributed by atoms with Crippen LogP contribution in [-0.2, 0) is 25.5 Å². The number of hydrogen-bond donors (Lipinski definition) is 2. The highest BCUT2D eigenvalue weighted by atomic mass is 16.6. The average molecular weight is 575 g/mol. The number of aliphatic hydroxyl groups is 1. The summed E-state index contributed by atoms with van der Waals surface area (Å²) in [6.45, 7) is 2.13. The van der Waals surface area contributed by atoms with Crippen molar-refractivity contribution in [1.29, 1.82) is 0 Å². The molecule has 1 aromatic carbocycles. The highest BCUT2D eigenvalue weighted by Crippen LogP contribution is 2.34. The van der Waals surface area contributed by atoms with Crippen molar-refractivity contribution in [3.8, 4) is 5.75 Å². The number of carbonyl (C=O) groups is 3. The van der Waals surface area contributed by atoms with E-state index in [2.05, 4.69) is 12.2 Å². The lowest BCUT2D eigenvalue weighted by Gasteiger charge is -2.17. The lowest BCUT2D eigenvalue weighted by molar-refractivity contribution is -0.385. The Balaban J connectivity index is 1.76. The minimum Gasteiger partial charge on any atom is -0.490 e. The number of allylic oxidation sites excluding steroid dienone is 1. The molecule has 1 aliphatic carbocycles. The molecule has 0 aliphatic heterocycles. The summed E-state index contributed by atoms with van der Waals surface area (Å²) in [6, 6.07) is 3.42. The molecule has 0 heterocycles. The second-order valence-electron chi connectivity index (χ2n) is 10.8. The minimum atomic E-state index is -0.968. The number of rotatable bonds is 19. The van der Waals surface area contributed by atoms with Gasteiger partial charge in [0.15, 0.2) is 5.75 Å². The Morgan fingerprint density at radius 2 is 1.93 bits per heavy atom. The lowest BCUT2D eigenvalue weighted by atomic mass is 9.89. The summed E-state index contributed by atoms with van der Waals surface area (Å²) in [5.41, 5.74) is 0.274. The van der Waals surface area contributed by atoms with E-state index < -0.39 is 23.0 Å². The van der Waals surface area contributed by atoms with Crippen molar-refractivity contribution >= 4 is 23.3 Å². The number of methoxy groups -OCH3 is 2. The summed E-state index contributed by atoms with van der Waals surface area (Å²) in [5.74, 6) is -0.315. The predicted molar refractivity (Wildman–Crippen MR) is 156 cm³/mol. The van der Waals surface area contributed by atoms with Crippen LogP contribution >= 0.6 is 0 Å². The molecule has 0 aromatic heterocycles. The lowest BCUT2D eigenvalue weighted by Crippen LogP contribution is -2.43. The molecular formula is C31H46N2O8. The van der Waals surface area contributed by atoms with Gasteiger partial charge >= 0.3 is 11.7 Å². The SMILES string of the molecule is CCCCC[C@@H](O)/C=C/[C@H]1CCC(=O)[C@@H]1CCCCCCC(=O)NC(Cc1ccc(OC)c([N+](=O)[O-])c1)C(=O)OC. The quantitative estimate of drug-likeness (QED) is 0.0750. The second kappa shape index (κ2) is 18.2. The average Bonchev–Trinajstić information content (AvgIpc) is 3.31. The van der Waals surface area contributed by atoms with Crippen molar-refractivity contribution in [2.24, 2.45) is 11.8 Å².